The number of nitrogens with one attached hydrogen (secondary N) is 1. The molecular formula is C13H18N4O2S. The second kappa shape index (κ2) is 7.54. The molecule has 1 N–H and O–H groups in total. The summed E-state index contributed by atoms with van der Waals surface area (Å²) in [4.78, 5) is 30.2. The van der Waals surface area contributed by atoms with Crippen molar-refractivity contribution in [2.24, 2.45) is 4.99 Å². The lowest BCUT2D eigenvalue weighted by Crippen LogP contribution is -2.36. The van der Waals surface area contributed by atoms with Crippen LogP contribution in [0.2, 0.25) is 0 Å². The summed E-state index contributed by atoms with van der Waals surface area (Å²) in [6.07, 6.45) is 1.76. The van der Waals surface area contributed by atoms with Crippen molar-refractivity contribution in [2.45, 2.75) is 0 Å². The molecule has 108 valence electrons. The van der Waals surface area contributed by atoms with E-state index in [1.165, 1.54) is 21.6 Å². The second-order valence-electron chi connectivity index (χ2n) is 4.13. The van der Waals surface area contributed by atoms with E-state index in [1.54, 1.807) is 39.5 Å². The van der Waals surface area contributed by atoms with E-state index in [1.807, 2.05) is 18.2 Å². The molecule has 0 spiro atoms. The van der Waals surface area contributed by atoms with Crippen LogP contribution in [-0.4, -0.2) is 54.4 Å². The van der Waals surface area contributed by atoms with Gasteiger partial charge in [-0.05, 0) is 18.4 Å². The van der Waals surface area contributed by atoms with Crippen LogP contribution in [-0.2, 0) is 0 Å². The Hall–Kier alpha value is -2.02. The monoisotopic (exact) mass is 294 g/mol. The van der Waals surface area contributed by atoms with Crippen LogP contribution in [0.25, 0.3) is 0 Å². The smallest absolute Gasteiger partial charge is 0.329 e. The van der Waals surface area contributed by atoms with Crippen molar-refractivity contribution in [1.29, 1.82) is 0 Å². The van der Waals surface area contributed by atoms with Gasteiger partial charge in [0.1, 0.15) is 0 Å². The number of hydrogen-bond acceptors (Lipinski definition) is 3. The third kappa shape index (κ3) is 4.58. The number of carbonyl (C=O) groups excluding carboxylic acids is 2. The Morgan fingerprint density at radius 1 is 1.15 bits per heavy atom. The fourth-order valence-electron chi connectivity index (χ4n) is 1.26. The maximum Gasteiger partial charge on any atom is 0.345 e. The fraction of sp³-hybridized carbons (Fsp3) is 0.308. The molecule has 0 saturated carbocycles. The number of nitrogens with zero attached hydrogens (tertiary/aromatic N) is 3. The van der Waals surface area contributed by atoms with Gasteiger partial charge >= 0.3 is 12.1 Å². The summed E-state index contributed by atoms with van der Waals surface area (Å²) in [7, 11) is 4.78. The predicted octanol–water partition coefficient (Wildman–Crippen LogP) is 2.55. The molecule has 1 rings (SSSR count). The topological polar surface area (TPSA) is 65.0 Å². The lowest BCUT2D eigenvalue weighted by molar-refractivity contribution is 0.227. The summed E-state index contributed by atoms with van der Waals surface area (Å²) >= 11 is 1.23. The highest BCUT2D eigenvalue weighted by Crippen LogP contribution is 2.09. The number of urea groups is 2. The summed E-state index contributed by atoms with van der Waals surface area (Å²) in [5.74, 6) is 0. The quantitative estimate of drug-likeness (QED) is 0.639. The van der Waals surface area contributed by atoms with Crippen molar-refractivity contribution in [1.82, 2.24) is 9.80 Å². The normalized spacial score (nSPS) is 10.9. The number of para-hydroxylation sites is 1. The Morgan fingerprint density at radius 3 is 2.25 bits per heavy atom. The molecule has 0 aliphatic carbocycles. The van der Waals surface area contributed by atoms with Gasteiger partial charge < -0.3 is 10.2 Å². The van der Waals surface area contributed by atoms with Gasteiger partial charge in [-0.3, -0.25) is 4.90 Å². The maximum atomic E-state index is 12.1. The lowest BCUT2D eigenvalue weighted by atomic mass is 10.3. The Labute approximate surface area is 122 Å². The van der Waals surface area contributed by atoms with Crippen LogP contribution in [0.3, 0.4) is 0 Å². The molecule has 0 heterocycles. The molecule has 0 aliphatic heterocycles. The van der Waals surface area contributed by atoms with E-state index < -0.39 is 6.03 Å². The van der Waals surface area contributed by atoms with E-state index in [4.69, 9.17) is 0 Å². The third-order valence-corrected chi connectivity index (χ3v) is 3.10. The fourth-order valence-corrected chi connectivity index (χ4v) is 1.78. The highest BCUT2D eigenvalue weighted by atomic mass is 32.2. The van der Waals surface area contributed by atoms with Gasteiger partial charge in [0, 0.05) is 26.8 Å². The van der Waals surface area contributed by atoms with Gasteiger partial charge in [0.25, 0.3) is 0 Å². The summed E-state index contributed by atoms with van der Waals surface area (Å²) in [5.41, 5.74) is 0.684. The van der Waals surface area contributed by atoms with E-state index in [9.17, 15) is 9.59 Å². The van der Waals surface area contributed by atoms with E-state index in [2.05, 4.69) is 10.3 Å². The SMILES string of the molecule is CSC(=NC(=O)N(C)C)N(C)C(=O)Nc1ccccc1. The summed E-state index contributed by atoms with van der Waals surface area (Å²) in [5, 5.41) is 3.06. The first-order valence-electron chi connectivity index (χ1n) is 5.89. The standard InChI is InChI=1S/C13H18N4O2S/c1-16(2)11(18)15-13(20-4)17(3)12(19)14-10-8-6-5-7-9-10/h5-9H,1-4H3,(H,14,19). The molecule has 20 heavy (non-hydrogen) atoms. The number of thioether (sulfide) groups is 1. The number of amides is 4. The molecule has 6 nitrogen and oxygen atoms in total. The Balaban J connectivity index is 2.78. The first-order valence-corrected chi connectivity index (χ1v) is 7.12. The van der Waals surface area contributed by atoms with E-state index in [0.717, 1.165) is 0 Å². The van der Waals surface area contributed by atoms with Gasteiger partial charge in [0.15, 0.2) is 5.17 Å². The van der Waals surface area contributed by atoms with Crippen LogP contribution < -0.4 is 5.32 Å². The molecule has 4 amide bonds. The zero-order chi connectivity index (χ0) is 15.1. The molecule has 0 radical (unpaired) electrons. The average molecular weight is 294 g/mol. The van der Waals surface area contributed by atoms with Gasteiger partial charge in [-0.15, -0.1) is 0 Å². The van der Waals surface area contributed by atoms with Gasteiger partial charge in [-0.25, -0.2) is 9.59 Å². The van der Waals surface area contributed by atoms with E-state index in [0.29, 0.717) is 10.9 Å². The van der Waals surface area contributed by atoms with E-state index >= 15 is 0 Å². The number of benzene rings is 1. The molecule has 0 aliphatic rings. The van der Waals surface area contributed by atoms with Crippen molar-refractivity contribution in [3.8, 4) is 0 Å². The number of amidine groups is 1. The van der Waals surface area contributed by atoms with Crippen LogP contribution in [0.15, 0.2) is 35.3 Å². The van der Waals surface area contributed by atoms with Crippen LogP contribution in [0.5, 0.6) is 0 Å². The third-order valence-electron chi connectivity index (χ3n) is 2.37. The Bertz CT molecular complexity index is 502. The van der Waals surface area contributed by atoms with Crippen molar-refractivity contribution in [2.75, 3.05) is 32.7 Å². The molecule has 7 heteroatoms. The van der Waals surface area contributed by atoms with Gasteiger partial charge in [-0.1, -0.05) is 30.0 Å². The molecule has 0 saturated heterocycles. The largest absolute Gasteiger partial charge is 0.345 e. The molecule has 1 aromatic rings. The van der Waals surface area contributed by atoms with Crippen LogP contribution in [0, 0.1) is 0 Å². The van der Waals surface area contributed by atoms with E-state index in [-0.39, 0.29) is 6.03 Å². The zero-order valence-corrected chi connectivity index (χ0v) is 12.8. The minimum absolute atomic E-state index is 0.331. The van der Waals surface area contributed by atoms with Crippen molar-refractivity contribution < 1.29 is 9.59 Å². The Morgan fingerprint density at radius 2 is 1.75 bits per heavy atom. The molecule has 0 fully saturated rings. The first-order chi connectivity index (χ1) is 9.45. The molecule has 0 aromatic heterocycles. The van der Waals surface area contributed by atoms with Crippen LogP contribution >= 0.6 is 11.8 Å². The predicted molar refractivity (Wildman–Crippen MR) is 83.3 cm³/mol. The maximum absolute atomic E-state index is 12.1. The molecule has 0 unspecified atom stereocenters. The number of rotatable bonds is 1. The Kier molecular flexibility index (Phi) is 6.05. The summed E-state index contributed by atoms with van der Waals surface area (Å²) in [6, 6.07) is 8.33. The van der Waals surface area contributed by atoms with Gasteiger partial charge in [-0.2, -0.15) is 4.99 Å². The van der Waals surface area contributed by atoms with Crippen molar-refractivity contribution in [3.05, 3.63) is 30.3 Å². The minimum Gasteiger partial charge on any atom is -0.329 e. The van der Waals surface area contributed by atoms with Crippen molar-refractivity contribution >= 4 is 34.7 Å². The first kappa shape index (κ1) is 16.0. The number of hydrogen-bond donors (Lipinski definition) is 1. The van der Waals surface area contributed by atoms with Crippen LogP contribution in [0.1, 0.15) is 0 Å². The summed E-state index contributed by atoms with van der Waals surface area (Å²) in [6.45, 7) is 0. The van der Waals surface area contributed by atoms with Crippen LogP contribution in [0.4, 0.5) is 15.3 Å². The molecule has 0 atom stereocenters. The second-order valence-corrected chi connectivity index (χ2v) is 4.90. The van der Waals surface area contributed by atoms with Gasteiger partial charge in [0.05, 0.1) is 0 Å². The highest BCUT2D eigenvalue weighted by molar-refractivity contribution is 8.13. The molecule has 0 bridgehead atoms. The number of anilines is 1. The average Bonchev–Trinajstić information content (AvgIpc) is 2.44. The number of aliphatic imine (C=N–C) groups is 1. The molecule has 1 aromatic carbocycles. The minimum atomic E-state index is -0.409. The van der Waals surface area contributed by atoms with Gasteiger partial charge in [0.2, 0.25) is 0 Å². The lowest BCUT2D eigenvalue weighted by Gasteiger charge is -2.19. The highest BCUT2D eigenvalue weighted by Gasteiger charge is 2.16. The molecular weight excluding hydrogens is 276 g/mol. The van der Waals surface area contributed by atoms with Crippen molar-refractivity contribution in [3.63, 3.8) is 0 Å². The zero-order valence-electron chi connectivity index (χ0n) is 12.0. The number of carbonyl (C=O) groups is 2. The summed E-state index contributed by atoms with van der Waals surface area (Å²) < 4.78 is 0.